The number of hydrogen-bond acceptors (Lipinski definition) is 3. The minimum Gasteiger partial charge on any atom is -0.497 e. The molecular formula is C18H16N2O3. The van der Waals surface area contributed by atoms with Gasteiger partial charge in [0.15, 0.2) is 0 Å². The van der Waals surface area contributed by atoms with E-state index >= 15 is 0 Å². The van der Waals surface area contributed by atoms with E-state index in [1.807, 2.05) is 53.9 Å². The van der Waals surface area contributed by atoms with E-state index in [0.29, 0.717) is 0 Å². The zero-order valence-electron chi connectivity index (χ0n) is 12.9. The van der Waals surface area contributed by atoms with Crippen LogP contribution in [0.15, 0.2) is 48.7 Å². The molecule has 1 N–H and O–H groups in total. The SMILES string of the molecule is COc1cccc(-c2nc3c(C)cccn3c2C=CC(=O)O)c1. The van der Waals surface area contributed by atoms with Gasteiger partial charge in [-0.15, -0.1) is 0 Å². The van der Waals surface area contributed by atoms with Crippen LogP contribution in [-0.2, 0) is 4.79 Å². The molecular weight excluding hydrogens is 292 g/mol. The van der Waals surface area contributed by atoms with Crippen molar-refractivity contribution < 1.29 is 14.6 Å². The predicted molar refractivity (Wildman–Crippen MR) is 88.6 cm³/mol. The maximum Gasteiger partial charge on any atom is 0.328 e. The zero-order valence-corrected chi connectivity index (χ0v) is 12.9. The molecule has 0 atom stereocenters. The maximum absolute atomic E-state index is 10.9. The number of ether oxygens (including phenoxy) is 1. The van der Waals surface area contributed by atoms with Gasteiger partial charge in [0.25, 0.3) is 0 Å². The molecule has 0 aliphatic heterocycles. The van der Waals surface area contributed by atoms with Crippen LogP contribution >= 0.6 is 0 Å². The summed E-state index contributed by atoms with van der Waals surface area (Å²) in [5.74, 6) is -0.270. The van der Waals surface area contributed by atoms with Crippen molar-refractivity contribution >= 4 is 17.7 Å². The van der Waals surface area contributed by atoms with Crippen LogP contribution in [0.1, 0.15) is 11.3 Å². The van der Waals surface area contributed by atoms with Crippen molar-refractivity contribution in [2.75, 3.05) is 7.11 Å². The summed E-state index contributed by atoms with van der Waals surface area (Å²) in [6, 6.07) is 11.4. The van der Waals surface area contributed by atoms with Gasteiger partial charge in [-0.25, -0.2) is 9.78 Å². The molecule has 0 aliphatic rings. The molecule has 2 heterocycles. The summed E-state index contributed by atoms with van der Waals surface area (Å²) in [5.41, 5.74) is 4.13. The van der Waals surface area contributed by atoms with E-state index < -0.39 is 5.97 Å². The summed E-state index contributed by atoms with van der Waals surface area (Å²) in [6.45, 7) is 1.97. The highest BCUT2D eigenvalue weighted by Crippen LogP contribution is 2.29. The minimum atomic E-state index is -0.996. The van der Waals surface area contributed by atoms with E-state index in [-0.39, 0.29) is 0 Å². The molecule has 0 unspecified atom stereocenters. The monoisotopic (exact) mass is 308 g/mol. The quantitative estimate of drug-likeness (QED) is 0.750. The Balaban J connectivity index is 2.28. The van der Waals surface area contributed by atoms with Crippen LogP contribution in [0.3, 0.4) is 0 Å². The number of aryl methyl sites for hydroxylation is 1. The molecule has 0 bridgehead atoms. The van der Waals surface area contributed by atoms with Gasteiger partial charge in [-0.1, -0.05) is 18.2 Å². The number of nitrogens with zero attached hydrogens (tertiary/aromatic N) is 2. The van der Waals surface area contributed by atoms with E-state index in [1.165, 1.54) is 0 Å². The molecule has 3 aromatic rings. The van der Waals surface area contributed by atoms with Crippen LogP contribution in [0, 0.1) is 6.92 Å². The van der Waals surface area contributed by atoms with Gasteiger partial charge < -0.3 is 9.84 Å². The van der Waals surface area contributed by atoms with Gasteiger partial charge in [-0.05, 0) is 36.8 Å². The van der Waals surface area contributed by atoms with E-state index in [9.17, 15) is 4.79 Å². The number of carboxylic acid groups (broad SMARTS) is 1. The van der Waals surface area contributed by atoms with Crippen molar-refractivity contribution in [1.82, 2.24) is 9.38 Å². The Hall–Kier alpha value is -3.08. The van der Waals surface area contributed by atoms with Gasteiger partial charge in [0, 0.05) is 17.8 Å². The topological polar surface area (TPSA) is 63.8 Å². The Bertz CT molecular complexity index is 910. The van der Waals surface area contributed by atoms with Crippen molar-refractivity contribution in [1.29, 1.82) is 0 Å². The molecule has 0 radical (unpaired) electrons. The Kier molecular flexibility index (Phi) is 3.85. The average Bonchev–Trinajstić information content (AvgIpc) is 2.93. The summed E-state index contributed by atoms with van der Waals surface area (Å²) in [4.78, 5) is 15.6. The predicted octanol–water partition coefficient (Wildman–Crippen LogP) is 3.42. The van der Waals surface area contributed by atoms with Crippen LogP contribution in [-0.4, -0.2) is 27.6 Å². The summed E-state index contributed by atoms with van der Waals surface area (Å²) < 4.78 is 7.16. The molecule has 2 aromatic heterocycles. The van der Waals surface area contributed by atoms with Crippen molar-refractivity contribution in [2.45, 2.75) is 6.92 Å². The third-order valence-electron chi connectivity index (χ3n) is 3.61. The number of carbonyl (C=O) groups is 1. The Labute approximate surface area is 133 Å². The second kappa shape index (κ2) is 5.96. The van der Waals surface area contributed by atoms with E-state index in [4.69, 9.17) is 14.8 Å². The second-order valence-electron chi connectivity index (χ2n) is 5.13. The first kappa shape index (κ1) is 14.8. The van der Waals surface area contributed by atoms with Gasteiger partial charge in [0.05, 0.1) is 18.5 Å². The third-order valence-corrected chi connectivity index (χ3v) is 3.61. The third kappa shape index (κ3) is 2.81. The highest BCUT2D eigenvalue weighted by Gasteiger charge is 2.14. The molecule has 0 saturated heterocycles. The lowest BCUT2D eigenvalue weighted by Gasteiger charge is -2.03. The number of carboxylic acids is 1. The van der Waals surface area contributed by atoms with Gasteiger partial charge in [0.1, 0.15) is 11.4 Å². The van der Waals surface area contributed by atoms with Crippen LogP contribution in [0.25, 0.3) is 23.0 Å². The summed E-state index contributed by atoms with van der Waals surface area (Å²) in [7, 11) is 1.61. The number of methoxy groups -OCH3 is 1. The number of imidazole rings is 1. The lowest BCUT2D eigenvalue weighted by Crippen LogP contribution is -1.92. The lowest BCUT2D eigenvalue weighted by molar-refractivity contribution is -0.131. The normalized spacial score (nSPS) is 11.2. The molecule has 0 fully saturated rings. The van der Waals surface area contributed by atoms with Crippen LogP contribution in [0.5, 0.6) is 5.75 Å². The molecule has 5 nitrogen and oxygen atoms in total. The Morgan fingerprint density at radius 1 is 1.30 bits per heavy atom. The Morgan fingerprint density at radius 2 is 2.13 bits per heavy atom. The van der Waals surface area contributed by atoms with Gasteiger partial charge >= 0.3 is 5.97 Å². The lowest BCUT2D eigenvalue weighted by atomic mass is 10.1. The highest BCUT2D eigenvalue weighted by atomic mass is 16.5. The summed E-state index contributed by atoms with van der Waals surface area (Å²) >= 11 is 0. The van der Waals surface area contributed by atoms with Crippen LogP contribution < -0.4 is 4.74 Å². The van der Waals surface area contributed by atoms with Crippen molar-refractivity contribution in [3.63, 3.8) is 0 Å². The zero-order chi connectivity index (χ0) is 16.4. The van der Waals surface area contributed by atoms with Crippen LogP contribution in [0.4, 0.5) is 0 Å². The molecule has 0 saturated carbocycles. The fourth-order valence-electron chi connectivity index (χ4n) is 2.51. The number of benzene rings is 1. The van der Waals surface area contributed by atoms with E-state index in [0.717, 1.165) is 40.0 Å². The van der Waals surface area contributed by atoms with Crippen molar-refractivity contribution in [3.05, 3.63) is 59.9 Å². The van der Waals surface area contributed by atoms with Crippen LogP contribution in [0.2, 0.25) is 0 Å². The highest BCUT2D eigenvalue weighted by molar-refractivity contribution is 5.87. The Morgan fingerprint density at radius 3 is 2.87 bits per heavy atom. The molecule has 5 heteroatoms. The number of rotatable bonds is 4. The molecule has 3 rings (SSSR count). The number of aliphatic carboxylic acids is 1. The van der Waals surface area contributed by atoms with E-state index in [2.05, 4.69) is 0 Å². The minimum absolute atomic E-state index is 0.718. The summed E-state index contributed by atoms with van der Waals surface area (Å²) in [5, 5.41) is 8.95. The molecule has 0 amide bonds. The number of pyridine rings is 1. The largest absolute Gasteiger partial charge is 0.497 e. The number of fused-ring (bicyclic) bond motifs is 1. The van der Waals surface area contributed by atoms with E-state index in [1.54, 1.807) is 13.2 Å². The molecule has 0 spiro atoms. The average molecular weight is 308 g/mol. The molecule has 116 valence electrons. The fourth-order valence-corrected chi connectivity index (χ4v) is 2.51. The van der Waals surface area contributed by atoms with Crippen molar-refractivity contribution in [3.8, 4) is 17.0 Å². The first-order valence-corrected chi connectivity index (χ1v) is 7.13. The van der Waals surface area contributed by atoms with Gasteiger partial charge in [0.2, 0.25) is 0 Å². The summed E-state index contributed by atoms with van der Waals surface area (Å²) in [6.07, 6.45) is 4.56. The smallest absolute Gasteiger partial charge is 0.328 e. The first-order valence-electron chi connectivity index (χ1n) is 7.13. The number of hydrogen-bond donors (Lipinski definition) is 1. The first-order chi connectivity index (χ1) is 11.1. The fraction of sp³-hybridized carbons (Fsp3) is 0.111. The van der Waals surface area contributed by atoms with Crippen molar-refractivity contribution in [2.24, 2.45) is 0 Å². The molecule has 0 aliphatic carbocycles. The number of aromatic nitrogens is 2. The maximum atomic E-state index is 10.9. The standard InChI is InChI=1S/C18H16N2O3/c1-12-5-4-10-20-15(8-9-16(21)22)17(19-18(12)20)13-6-3-7-14(11-13)23-2/h3-11H,1-2H3,(H,21,22). The molecule has 23 heavy (non-hydrogen) atoms. The molecule has 1 aromatic carbocycles. The second-order valence-corrected chi connectivity index (χ2v) is 5.13. The van der Waals surface area contributed by atoms with Gasteiger partial charge in [-0.3, -0.25) is 4.40 Å². The van der Waals surface area contributed by atoms with Gasteiger partial charge in [-0.2, -0.15) is 0 Å².